The second-order valence-corrected chi connectivity index (χ2v) is 7.89. The number of nitrogens with one attached hydrogen (secondary N) is 1. The van der Waals surface area contributed by atoms with Gasteiger partial charge in [0.2, 0.25) is 0 Å². The summed E-state index contributed by atoms with van der Waals surface area (Å²) in [4.78, 5) is 34.2. The summed E-state index contributed by atoms with van der Waals surface area (Å²) in [5.74, 6) is 0.938. The maximum absolute atomic E-state index is 13.2. The second kappa shape index (κ2) is 10.3. The zero-order valence-electron chi connectivity index (χ0n) is 19.4. The molecule has 0 saturated carbocycles. The van der Waals surface area contributed by atoms with Crippen molar-refractivity contribution < 1.29 is 14.3 Å². The molecule has 8 nitrogen and oxygen atoms in total. The molecule has 0 aliphatic heterocycles. The minimum absolute atomic E-state index is 0.148. The van der Waals surface area contributed by atoms with E-state index in [0.717, 1.165) is 18.7 Å². The van der Waals surface area contributed by atoms with E-state index in [1.165, 1.54) is 0 Å². The van der Waals surface area contributed by atoms with Gasteiger partial charge in [0.15, 0.2) is 0 Å². The van der Waals surface area contributed by atoms with Crippen molar-refractivity contribution in [2.24, 2.45) is 0 Å². The van der Waals surface area contributed by atoms with Gasteiger partial charge < -0.3 is 15.0 Å². The van der Waals surface area contributed by atoms with Gasteiger partial charge in [-0.2, -0.15) is 0 Å². The molecule has 0 saturated heterocycles. The van der Waals surface area contributed by atoms with Crippen LogP contribution in [-0.2, 0) is 6.42 Å². The Bertz CT molecular complexity index is 1110. The highest BCUT2D eigenvalue weighted by molar-refractivity contribution is 6.06. The summed E-state index contributed by atoms with van der Waals surface area (Å²) in [5, 5.41) is 2.96. The molecule has 170 valence electrons. The van der Waals surface area contributed by atoms with E-state index in [1.54, 1.807) is 61.7 Å². The molecule has 1 aromatic carbocycles. The van der Waals surface area contributed by atoms with Crippen molar-refractivity contribution in [3.05, 3.63) is 59.4 Å². The van der Waals surface area contributed by atoms with Gasteiger partial charge in [-0.15, -0.1) is 0 Å². The molecular formula is C24H31N5O3. The standard InChI is InChI=1S/C24H31N5O3/c1-6-20-23(28(4)24(31)17-9-7-10-19(15-17)32-5)29-16-18(11-12-21(29)26-20)22(30)25-13-8-14-27(2)3/h7,9-12,15-16H,6,8,13-14H2,1-5H3,(H,25,30). The minimum atomic E-state index is -0.182. The van der Waals surface area contributed by atoms with Gasteiger partial charge in [0.1, 0.15) is 17.2 Å². The highest BCUT2D eigenvalue weighted by Crippen LogP contribution is 2.25. The zero-order valence-corrected chi connectivity index (χ0v) is 19.4. The molecule has 0 atom stereocenters. The van der Waals surface area contributed by atoms with Gasteiger partial charge in [0.25, 0.3) is 11.8 Å². The summed E-state index contributed by atoms with van der Waals surface area (Å²) in [5.41, 5.74) is 2.50. The highest BCUT2D eigenvalue weighted by Gasteiger charge is 2.22. The van der Waals surface area contributed by atoms with E-state index in [1.807, 2.05) is 25.4 Å². The largest absolute Gasteiger partial charge is 0.497 e. The topological polar surface area (TPSA) is 79.2 Å². The van der Waals surface area contributed by atoms with E-state index in [2.05, 4.69) is 15.2 Å². The van der Waals surface area contributed by atoms with Crippen molar-refractivity contribution in [2.75, 3.05) is 46.2 Å². The van der Waals surface area contributed by atoms with Gasteiger partial charge in [0.05, 0.1) is 18.4 Å². The van der Waals surface area contributed by atoms with Crippen molar-refractivity contribution in [2.45, 2.75) is 19.8 Å². The first-order valence-electron chi connectivity index (χ1n) is 10.7. The Labute approximate surface area is 188 Å². The Balaban J connectivity index is 1.90. The number of benzene rings is 1. The van der Waals surface area contributed by atoms with E-state index < -0.39 is 0 Å². The first-order valence-corrected chi connectivity index (χ1v) is 10.7. The molecule has 3 rings (SSSR count). The predicted molar refractivity (Wildman–Crippen MR) is 126 cm³/mol. The van der Waals surface area contributed by atoms with Gasteiger partial charge in [-0.05, 0) is 63.8 Å². The van der Waals surface area contributed by atoms with Crippen LogP contribution in [0.4, 0.5) is 5.82 Å². The van der Waals surface area contributed by atoms with Crippen molar-refractivity contribution in [1.29, 1.82) is 0 Å². The number of hydrogen-bond donors (Lipinski definition) is 1. The SMILES string of the molecule is CCc1nc2ccc(C(=O)NCCCN(C)C)cn2c1N(C)C(=O)c1cccc(OC)c1. The quantitative estimate of drug-likeness (QED) is 0.521. The summed E-state index contributed by atoms with van der Waals surface area (Å²) in [7, 11) is 7.30. The number of hydrogen-bond acceptors (Lipinski definition) is 5. The zero-order chi connectivity index (χ0) is 23.3. The third-order valence-corrected chi connectivity index (χ3v) is 5.27. The Kier molecular flexibility index (Phi) is 7.48. The monoisotopic (exact) mass is 437 g/mol. The third kappa shape index (κ3) is 5.08. The van der Waals surface area contributed by atoms with Gasteiger partial charge in [0, 0.05) is 25.4 Å². The first kappa shape index (κ1) is 23.3. The lowest BCUT2D eigenvalue weighted by Gasteiger charge is -2.19. The van der Waals surface area contributed by atoms with E-state index in [4.69, 9.17) is 4.74 Å². The number of pyridine rings is 1. The first-order chi connectivity index (χ1) is 15.3. The molecule has 3 aromatic rings. The number of fused-ring (bicyclic) bond motifs is 1. The Morgan fingerprint density at radius 1 is 1.12 bits per heavy atom. The normalized spacial score (nSPS) is 11.1. The predicted octanol–water partition coefficient (Wildman–Crippen LogP) is 2.86. The fourth-order valence-electron chi connectivity index (χ4n) is 3.55. The van der Waals surface area contributed by atoms with Crippen LogP contribution in [0.2, 0.25) is 0 Å². The van der Waals surface area contributed by atoms with Crippen molar-refractivity contribution >= 4 is 23.3 Å². The van der Waals surface area contributed by atoms with Crippen LogP contribution in [0, 0.1) is 0 Å². The van der Waals surface area contributed by atoms with Gasteiger partial charge in [-0.1, -0.05) is 13.0 Å². The van der Waals surface area contributed by atoms with Crippen LogP contribution in [0.15, 0.2) is 42.6 Å². The van der Waals surface area contributed by atoms with Crippen molar-refractivity contribution in [3.63, 3.8) is 0 Å². The van der Waals surface area contributed by atoms with E-state index in [9.17, 15) is 9.59 Å². The number of methoxy groups -OCH3 is 1. The molecule has 2 amide bonds. The molecule has 0 aliphatic rings. The van der Waals surface area contributed by atoms with Crippen molar-refractivity contribution in [1.82, 2.24) is 19.6 Å². The summed E-state index contributed by atoms with van der Waals surface area (Å²) in [6, 6.07) is 10.6. The molecule has 0 spiro atoms. The Morgan fingerprint density at radius 3 is 2.59 bits per heavy atom. The number of nitrogens with zero attached hydrogens (tertiary/aromatic N) is 4. The van der Waals surface area contributed by atoms with Crippen LogP contribution >= 0.6 is 0 Å². The Morgan fingerprint density at radius 2 is 1.91 bits per heavy atom. The minimum Gasteiger partial charge on any atom is -0.497 e. The average Bonchev–Trinajstić information content (AvgIpc) is 3.18. The van der Waals surface area contributed by atoms with Crippen LogP contribution in [-0.4, -0.2) is 67.4 Å². The summed E-state index contributed by atoms with van der Waals surface area (Å²) < 4.78 is 7.06. The number of carbonyl (C=O) groups is 2. The number of aromatic nitrogens is 2. The summed E-state index contributed by atoms with van der Waals surface area (Å²) in [6.07, 6.45) is 3.27. The van der Waals surface area contributed by atoms with Crippen LogP contribution in [0.1, 0.15) is 39.8 Å². The number of amides is 2. The molecule has 0 radical (unpaired) electrons. The molecule has 0 bridgehead atoms. The molecule has 2 aromatic heterocycles. The molecule has 0 aliphatic carbocycles. The smallest absolute Gasteiger partial charge is 0.259 e. The summed E-state index contributed by atoms with van der Waals surface area (Å²) >= 11 is 0. The number of aryl methyl sites for hydroxylation is 1. The lowest BCUT2D eigenvalue weighted by atomic mass is 10.2. The molecular weight excluding hydrogens is 406 g/mol. The molecule has 32 heavy (non-hydrogen) atoms. The number of carbonyl (C=O) groups excluding carboxylic acids is 2. The fourth-order valence-corrected chi connectivity index (χ4v) is 3.55. The fraction of sp³-hybridized carbons (Fsp3) is 0.375. The Hall–Kier alpha value is -3.39. The average molecular weight is 438 g/mol. The van der Waals surface area contributed by atoms with Crippen LogP contribution < -0.4 is 15.0 Å². The van der Waals surface area contributed by atoms with Crippen LogP contribution in [0.3, 0.4) is 0 Å². The number of ether oxygens (including phenoxy) is 1. The number of anilines is 1. The van der Waals surface area contributed by atoms with E-state index in [-0.39, 0.29) is 11.8 Å². The van der Waals surface area contributed by atoms with Crippen molar-refractivity contribution in [3.8, 4) is 5.75 Å². The maximum Gasteiger partial charge on any atom is 0.259 e. The van der Waals surface area contributed by atoms with Gasteiger partial charge in [-0.25, -0.2) is 4.98 Å². The molecule has 2 heterocycles. The lowest BCUT2D eigenvalue weighted by Crippen LogP contribution is -2.29. The number of imidazole rings is 1. The number of rotatable bonds is 9. The molecule has 0 unspecified atom stereocenters. The van der Waals surface area contributed by atoms with E-state index >= 15 is 0 Å². The molecule has 8 heteroatoms. The van der Waals surface area contributed by atoms with Gasteiger partial charge in [-0.3, -0.25) is 18.9 Å². The second-order valence-electron chi connectivity index (χ2n) is 7.89. The highest BCUT2D eigenvalue weighted by atomic mass is 16.5. The maximum atomic E-state index is 13.2. The van der Waals surface area contributed by atoms with Crippen LogP contribution in [0.25, 0.3) is 5.65 Å². The van der Waals surface area contributed by atoms with E-state index in [0.29, 0.717) is 41.3 Å². The third-order valence-electron chi connectivity index (χ3n) is 5.27. The van der Waals surface area contributed by atoms with Gasteiger partial charge >= 0.3 is 0 Å². The summed E-state index contributed by atoms with van der Waals surface area (Å²) in [6.45, 7) is 3.50. The van der Waals surface area contributed by atoms with Crippen LogP contribution in [0.5, 0.6) is 5.75 Å². The lowest BCUT2D eigenvalue weighted by molar-refractivity contribution is 0.0951. The molecule has 0 fully saturated rings. The molecule has 1 N–H and O–H groups in total.